The summed E-state index contributed by atoms with van der Waals surface area (Å²) >= 11 is 0. The van der Waals surface area contributed by atoms with Crippen molar-refractivity contribution in [2.45, 2.75) is 6.18 Å². The van der Waals surface area contributed by atoms with Gasteiger partial charge in [-0.15, -0.1) is 0 Å². The molecule has 2 heterocycles. The number of aromatic nitrogens is 2. The fourth-order valence-electron chi connectivity index (χ4n) is 3.46. The lowest BCUT2D eigenvalue weighted by atomic mass is 10.1. The van der Waals surface area contributed by atoms with E-state index in [-0.39, 0.29) is 40.9 Å². The van der Waals surface area contributed by atoms with Crippen LogP contribution in [-0.4, -0.2) is 47.9 Å². The van der Waals surface area contributed by atoms with Crippen LogP contribution >= 0.6 is 0 Å². The number of nitrogens with zero attached hydrogens (tertiary/aromatic N) is 4. The van der Waals surface area contributed by atoms with Gasteiger partial charge in [-0.05, 0) is 24.3 Å². The molecule has 4 rings (SSSR count). The summed E-state index contributed by atoms with van der Waals surface area (Å²) in [6.45, 7) is 2.44. The Kier molecular flexibility index (Phi) is 6.82. The zero-order valence-corrected chi connectivity index (χ0v) is 17.9. The van der Waals surface area contributed by atoms with Gasteiger partial charge in [-0.2, -0.15) is 18.2 Å². The highest BCUT2D eigenvalue weighted by atomic mass is 19.4. The summed E-state index contributed by atoms with van der Waals surface area (Å²) in [6.07, 6.45) is -4.52. The van der Waals surface area contributed by atoms with E-state index in [4.69, 9.17) is 20.8 Å². The number of hydrazine groups is 1. The summed E-state index contributed by atoms with van der Waals surface area (Å²) in [7, 11) is 0. The molecule has 1 fully saturated rings. The molecule has 1 aliphatic heterocycles. The van der Waals surface area contributed by atoms with E-state index in [1.165, 1.54) is 30.3 Å². The van der Waals surface area contributed by atoms with Gasteiger partial charge in [-0.25, -0.2) is 10.2 Å². The first-order valence-corrected chi connectivity index (χ1v) is 10.3. The summed E-state index contributed by atoms with van der Waals surface area (Å²) in [4.78, 5) is 6.18. The van der Waals surface area contributed by atoms with Crippen LogP contribution in [0, 0.1) is 5.82 Å². The maximum Gasteiger partial charge on any atom is 0.416 e. The highest BCUT2D eigenvalue weighted by molar-refractivity contribution is 5.68. The van der Waals surface area contributed by atoms with Crippen molar-refractivity contribution < 1.29 is 26.8 Å². The molecule has 4 N–H and O–H groups in total. The molecule has 1 aromatic heterocycles. The largest absolute Gasteiger partial charge is 0.416 e. The number of para-hydroxylation sites is 1. The SMILES string of the molecule is N/C(=C(/CN1CCOCC1)N(N)c1ccccc1F)c1nc(-c2cccc(C(F)(F)F)c2)no1. The molecule has 1 aliphatic rings. The Balaban J connectivity index is 1.71. The Hall–Kier alpha value is -3.48. The average Bonchev–Trinajstić information content (AvgIpc) is 3.33. The van der Waals surface area contributed by atoms with Gasteiger partial charge in [-0.3, -0.25) is 9.91 Å². The Morgan fingerprint density at radius 1 is 1.09 bits per heavy atom. The zero-order chi connectivity index (χ0) is 24.3. The molecule has 2 aromatic carbocycles. The molecule has 180 valence electrons. The van der Waals surface area contributed by atoms with Crippen LogP contribution in [0.5, 0.6) is 0 Å². The topological polar surface area (TPSA) is 107 Å². The quantitative estimate of drug-likeness (QED) is 0.316. The van der Waals surface area contributed by atoms with Crippen LogP contribution in [0.4, 0.5) is 23.2 Å². The molecule has 0 amide bonds. The summed E-state index contributed by atoms with van der Waals surface area (Å²) < 4.78 is 64.3. The van der Waals surface area contributed by atoms with Gasteiger partial charge in [0.2, 0.25) is 5.82 Å². The van der Waals surface area contributed by atoms with Gasteiger partial charge in [0.15, 0.2) is 0 Å². The third-order valence-electron chi connectivity index (χ3n) is 5.30. The molecular weight excluding hydrogens is 456 g/mol. The molecular formula is C22H22F4N6O2. The van der Waals surface area contributed by atoms with Crippen LogP contribution in [0.3, 0.4) is 0 Å². The molecule has 0 spiro atoms. The third-order valence-corrected chi connectivity index (χ3v) is 5.30. The van der Waals surface area contributed by atoms with E-state index < -0.39 is 17.6 Å². The van der Waals surface area contributed by atoms with Crippen LogP contribution in [0.25, 0.3) is 17.1 Å². The van der Waals surface area contributed by atoms with Gasteiger partial charge in [0.05, 0.1) is 30.2 Å². The highest BCUT2D eigenvalue weighted by Crippen LogP contribution is 2.32. The van der Waals surface area contributed by atoms with E-state index in [9.17, 15) is 17.6 Å². The Bertz CT molecular complexity index is 1170. The van der Waals surface area contributed by atoms with Gasteiger partial charge < -0.3 is 15.0 Å². The second-order valence-corrected chi connectivity index (χ2v) is 7.57. The first-order chi connectivity index (χ1) is 16.2. The monoisotopic (exact) mass is 478 g/mol. The second-order valence-electron chi connectivity index (χ2n) is 7.57. The molecule has 0 bridgehead atoms. The van der Waals surface area contributed by atoms with E-state index in [2.05, 4.69) is 10.1 Å². The van der Waals surface area contributed by atoms with Crippen molar-refractivity contribution in [2.24, 2.45) is 11.6 Å². The van der Waals surface area contributed by atoms with Gasteiger partial charge in [0.25, 0.3) is 5.89 Å². The van der Waals surface area contributed by atoms with Crippen LogP contribution in [0.2, 0.25) is 0 Å². The van der Waals surface area contributed by atoms with E-state index in [1.807, 2.05) is 4.90 Å². The minimum Gasteiger partial charge on any atom is -0.393 e. The van der Waals surface area contributed by atoms with Crippen molar-refractivity contribution >= 4 is 11.4 Å². The first-order valence-electron chi connectivity index (χ1n) is 10.3. The normalized spacial score (nSPS) is 15.8. The summed E-state index contributed by atoms with van der Waals surface area (Å²) in [6, 6.07) is 10.4. The summed E-state index contributed by atoms with van der Waals surface area (Å²) in [5.74, 6) is 5.47. The molecule has 34 heavy (non-hydrogen) atoms. The number of hydrogen-bond donors (Lipinski definition) is 2. The molecule has 3 aromatic rings. The molecule has 0 atom stereocenters. The zero-order valence-electron chi connectivity index (χ0n) is 17.9. The molecule has 12 heteroatoms. The number of rotatable bonds is 6. The molecule has 0 saturated carbocycles. The van der Waals surface area contributed by atoms with Crippen molar-refractivity contribution in [3.8, 4) is 11.4 Å². The van der Waals surface area contributed by atoms with Gasteiger partial charge in [-0.1, -0.05) is 29.4 Å². The lowest BCUT2D eigenvalue weighted by Gasteiger charge is -2.31. The maximum absolute atomic E-state index is 14.4. The van der Waals surface area contributed by atoms with Crippen molar-refractivity contribution in [3.05, 3.63) is 71.5 Å². The number of ether oxygens (including phenoxy) is 1. The predicted molar refractivity (Wildman–Crippen MR) is 116 cm³/mol. The highest BCUT2D eigenvalue weighted by Gasteiger charge is 2.31. The number of benzene rings is 2. The fourth-order valence-corrected chi connectivity index (χ4v) is 3.46. The van der Waals surface area contributed by atoms with Crippen LogP contribution in [-0.2, 0) is 10.9 Å². The number of nitrogens with two attached hydrogens (primary N) is 2. The third kappa shape index (κ3) is 5.19. The Morgan fingerprint density at radius 3 is 2.53 bits per heavy atom. The van der Waals surface area contributed by atoms with Crippen LogP contribution < -0.4 is 16.6 Å². The van der Waals surface area contributed by atoms with Gasteiger partial charge >= 0.3 is 6.18 Å². The average molecular weight is 478 g/mol. The maximum atomic E-state index is 14.4. The van der Waals surface area contributed by atoms with Crippen molar-refractivity contribution in [2.75, 3.05) is 37.9 Å². The van der Waals surface area contributed by atoms with Crippen molar-refractivity contribution in [1.82, 2.24) is 15.0 Å². The lowest BCUT2D eigenvalue weighted by Crippen LogP contribution is -2.43. The molecule has 8 nitrogen and oxygen atoms in total. The van der Waals surface area contributed by atoms with Crippen molar-refractivity contribution in [1.29, 1.82) is 0 Å². The summed E-state index contributed by atoms with van der Waals surface area (Å²) in [5, 5.41) is 4.88. The van der Waals surface area contributed by atoms with Gasteiger partial charge in [0, 0.05) is 25.2 Å². The van der Waals surface area contributed by atoms with E-state index >= 15 is 0 Å². The van der Waals surface area contributed by atoms with Crippen LogP contribution in [0.15, 0.2) is 58.8 Å². The first kappa shape index (κ1) is 23.7. The number of anilines is 1. The molecule has 1 saturated heterocycles. The fraction of sp³-hybridized carbons (Fsp3) is 0.273. The van der Waals surface area contributed by atoms with E-state index in [0.29, 0.717) is 26.3 Å². The molecule has 0 radical (unpaired) electrons. The minimum absolute atomic E-state index is 0.0250. The Labute approximate surface area is 192 Å². The predicted octanol–water partition coefficient (Wildman–Crippen LogP) is 3.23. The number of halogens is 4. The Morgan fingerprint density at radius 2 is 1.82 bits per heavy atom. The summed E-state index contributed by atoms with van der Waals surface area (Å²) in [5.41, 5.74) is 5.93. The van der Waals surface area contributed by atoms with Gasteiger partial charge in [0.1, 0.15) is 11.5 Å². The smallest absolute Gasteiger partial charge is 0.393 e. The van der Waals surface area contributed by atoms with E-state index in [0.717, 1.165) is 17.1 Å². The van der Waals surface area contributed by atoms with Crippen molar-refractivity contribution in [3.63, 3.8) is 0 Å². The molecule has 0 unspecified atom stereocenters. The molecule has 0 aliphatic carbocycles. The number of morpholine rings is 1. The minimum atomic E-state index is -4.52. The second kappa shape index (κ2) is 9.79. The lowest BCUT2D eigenvalue weighted by molar-refractivity contribution is -0.137. The number of alkyl halides is 3. The van der Waals surface area contributed by atoms with E-state index in [1.54, 1.807) is 6.07 Å². The number of hydrogen-bond acceptors (Lipinski definition) is 8. The standard InChI is InChI=1S/C22H22F4N6O2/c23-16-6-1-2-7-17(16)32(28)18(13-31-8-10-33-11-9-31)19(27)21-29-20(30-34-21)14-4-3-5-15(12-14)22(24,25)26/h1-7,12H,8-11,13,27-28H2/b19-18-. The van der Waals surface area contributed by atoms with Crippen LogP contribution in [0.1, 0.15) is 11.5 Å².